The van der Waals surface area contributed by atoms with E-state index in [-0.39, 0.29) is 0 Å². The summed E-state index contributed by atoms with van der Waals surface area (Å²) in [5, 5.41) is 0. The summed E-state index contributed by atoms with van der Waals surface area (Å²) in [4.78, 5) is 9.03. The van der Waals surface area contributed by atoms with Gasteiger partial charge in [0, 0.05) is 44.6 Å². The standard InChI is InChI=1S/C13H22N4/c1-16-6-3-7-17(13(8-14)11-16)10-12-4-2-5-15-9-12/h2,4-5,9,13H,3,6-8,10-11,14H2,1H3. The molecule has 1 aromatic heterocycles. The minimum absolute atomic E-state index is 0.461. The fourth-order valence-electron chi connectivity index (χ4n) is 2.45. The highest BCUT2D eigenvalue weighted by Crippen LogP contribution is 2.12. The molecule has 1 aromatic rings. The van der Waals surface area contributed by atoms with Crippen molar-refractivity contribution < 1.29 is 0 Å². The first-order valence-electron chi connectivity index (χ1n) is 6.31. The van der Waals surface area contributed by atoms with Crippen LogP contribution in [0.15, 0.2) is 24.5 Å². The van der Waals surface area contributed by atoms with Gasteiger partial charge in [0.15, 0.2) is 0 Å². The highest BCUT2D eigenvalue weighted by molar-refractivity contribution is 5.08. The van der Waals surface area contributed by atoms with E-state index >= 15 is 0 Å². The minimum atomic E-state index is 0.461. The summed E-state index contributed by atoms with van der Waals surface area (Å²) < 4.78 is 0. The second-order valence-corrected chi connectivity index (χ2v) is 4.84. The highest BCUT2D eigenvalue weighted by atomic mass is 15.2. The van der Waals surface area contributed by atoms with Gasteiger partial charge in [-0.15, -0.1) is 0 Å². The second-order valence-electron chi connectivity index (χ2n) is 4.84. The molecule has 4 nitrogen and oxygen atoms in total. The van der Waals surface area contributed by atoms with Crippen molar-refractivity contribution in [2.45, 2.75) is 19.0 Å². The van der Waals surface area contributed by atoms with E-state index in [0.29, 0.717) is 6.04 Å². The molecule has 0 amide bonds. The van der Waals surface area contributed by atoms with Crippen LogP contribution in [-0.2, 0) is 6.54 Å². The largest absolute Gasteiger partial charge is 0.329 e. The van der Waals surface area contributed by atoms with Crippen LogP contribution in [0.4, 0.5) is 0 Å². The lowest BCUT2D eigenvalue weighted by Gasteiger charge is -2.29. The molecule has 4 heteroatoms. The predicted octanol–water partition coefficient (Wildman–Crippen LogP) is 0.546. The van der Waals surface area contributed by atoms with E-state index in [9.17, 15) is 0 Å². The summed E-state index contributed by atoms with van der Waals surface area (Å²) in [6, 6.07) is 4.59. The quantitative estimate of drug-likeness (QED) is 0.829. The van der Waals surface area contributed by atoms with Gasteiger partial charge >= 0.3 is 0 Å². The molecule has 1 unspecified atom stereocenters. The second kappa shape index (κ2) is 6.10. The van der Waals surface area contributed by atoms with Crippen LogP contribution in [-0.4, -0.2) is 54.1 Å². The van der Waals surface area contributed by atoms with Crippen molar-refractivity contribution in [2.75, 3.05) is 33.2 Å². The van der Waals surface area contributed by atoms with Crippen molar-refractivity contribution in [1.82, 2.24) is 14.8 Å². The van der Waals surface area contributed by atoms with Crippen LogP contribution >= 0.6 is 0 Å². The van der Waals surface area contributed by atoms with Crippen LogP contribution < -0.4 is 5.73 Å². The number of nitrogens with two attached hydrogens (primary N) is 1. The van der Waals surface area contributed by atoms with Crippen LogP contribution in [0.1, 0.15) is 12.0 Å². The van der Waals surface area contributed by atoms with Gasteiger partial charge in [-0.25, -0.2) is 0 Å². The fraction of sp³-hybridized carbons (Fsp3) is 0.615. The van der Waals surface area contributed by atoms with Crippen LogP contribution in [0.25, 0.3) is 0 Å². The SMILES string of the molecule is CN1CCCN(Cc2cccnc2)C(CN)C1. The summed E-state index contributed by atoms with van der Waals surface area (Å²) in [5.74, 6) is 0. The maximum atomic E-state index is 5.90. The zero-order valence-corrected chi connectivity index (χ0v) is 10.5. The molecular formula is C13H22N4. The molecule has 0 saturated carbocycles. The Hall–Kier alpha value is -0.970. The van der Waals surface area contributed by atoms with Gasteiger partial charge in [0.25, 0.3) is 0 Å². The summed E-state index contributed by atoms with van der Waals surface area (Å²) in [6.45, 7) is 5.05. The first-order valence-corrected chi connectivity index (χ1v) is 6.31. The molecule has 0 radical (unpaired) electrons. The number of nitrogens with zero attached hydrogens (tertiary/aromatic N) is 3. The van der Waals surface area contributed by atoms with Gasteiger partial charge in [-0.05, 0) is 31.6 Å². The molecule has 1 aliphatic rings. The zero-order valence-electron chi connectivity index (χ0n) is 10.5. The molecule has 2 heterocycles. The molecule has 1 aliphatic heterocycles. The summed E-state index contributed by atoms with van der Waals surface area (Å²) in [5.41, 5.74) is 7.17. The lowest BCUT2D eigenvalue weighted by molar-refractivity contribution is 0.185. The lowest BCUT2D eigenvalue weighted by Crippen LogP contribution is -2.44. The molecule has 0 aliphatic carbocycles. The summed E-state index contributed by atoms with van der Waals surface area (Å²) in [6.07, 6.45) is 4.98. The Morgan fingerprint density at radius 1 is 1.47 bits per heavy atom. The van der Waals surface area contributed by atoms with Crippen molar-refractivity contribution in [2.24, 2.45) is 5.73 Å². The number of likely N-dealkylation sites (N-methyl/N-ethyl adjacent to an activating group) is 1. The Morgan fingerprint density at radius 3 is 3.06 bits per heavy atom. The maximum Gasteiger partial charge on any atom is 0.0349 e. The fourth-order valence-corrected chi connectivity index (χ4v) is 2.45. The molecule has 1 saturated heterocycles. The van der Waals surface area contributed by atoms with E-state index in [1.54, 1.807) is 0 Å². The summed E-state index contributed by atoms with van der Waals surface area (Å²) >= 11 is 0. The van der Waals surface area contributed by atoms with E-state index in [4.69, 9.17) is 5.73 Å². The molecule has 1 fully saturated rings. The molecule has 0 spiro atoms. The van der Waals surface area contributed by atoms with Crippen molar-refractivity contribution in [3.05, 3.63) is 30.1 Å². The van der Waals surface area contributed by atoms with Crippen LogP contribution in [0.3, 0.4) is 0 Å². The smallest absolute Gasteiger partial charge is 0.0349 e. The van der Waals surface area contributed by atoms with Crippen LogP contribution in [0, 0.1) is 0 Å². The van der Waals surface area contributed by atoms with Gasteiger partial charge in [0.05, 0.1) is 0 Å². The molecule has 0 bridgehead atoms. The third-order valence-corrected chi connectivity index (χ3v) is 3.40. The van der Waals surface area contributed by atoms with Gasteiger partial charge in [0.1, 0.15) is 0 Å². The van der Waals surface area contributed by atoms with Gasteiger partial charge in [-0.1, -0.05) is 6.07 Å². The van der Waals surface area contributed by atoms with Gasteiger partial charge in [-0.2, -0.15) is 0 Å². The average molecular weight is 234 g/mol. The average Bonchev–Trinajstić information content (AvgIpc) is 2.52. The highest BCUT2D eigenvalue weighted by Gasteiger charge is 2.21. The Bertz CT molecular complexity index is 327. The molecule has 2 N–H and O–H groups in total. The van der Waals surface area contributed by atoms with Gasteiger partial charge in [0.2, 0.25) is 0 Å². The van der Waals surface area contributed by atoms with Crippen molar-refractivity contribution in [3.63, 3.8) is 0 Å². The molecule has 0 aromatic carbocycles. The minimum Gasteiger partial charge on any atom is -0.329 e. The third kappa shape index (κ3) is 3.49. The van der Waals surface area contributed by atoms with Crippen molar-refractivity contribution in [1.29, 1.82) is 0 Å². The lowest BCUT2D eigenvalue weighted by atomic mass is 10.2. The van der Waals surface area contributed by atoms with Crippen LogP contribution in [0.2, 0.25) is 0 Å². The number of rotatable bonds is 3. The molecule has 17 heavy (non-hydrogen) atoms. The Labute approximate surface area is 103 Å². The number of aromatic nitrogens is 1. The first kappa shape index (κ1) is 12.5. The number of hydrogen-bond donors (Lipinski definition) is 1. The van der Waals surface area contributed by atoms with Crippen molar-refractivity contribution in [3.8, 4) is 0 Å². The van der Waals surface area contributed by atoms with Crippen LogP contribution in [0.5, 0.6) is 0 Å². The van der Waals surface area contributed by atoms with E-state index in [1.165, 1.54) is 18.5 Å². The maximum absolute atomic E-state index is 5.90. The normalized spacial score (nSPS) is 23.5. The third-order valence-electron chi connectivity index (χ3n) is 3.40. The van der Waals surface area contributed by atoms with Gasteiger partial charge < -0.3 is 10.6 Å². The Morgan fingerprint density at radius 2 is 2.35 bits per heavy atom. The summed E-state index contributed by atoms with van der Waals surface area (Å²) in [7, 11) is 2.18. The monoisotopic (exact) mass is 234 g/mol. The van der Waals surface area contributed by atoms with Gasteiger partial charge in [-0.3, -0.25) is 9.88 Å². The molecule has 2 rings (SSSR count). The van der Waals surface area contributed by atoms with E-state index in [0.717, 1.165) is 26.2 Å². The zero-order chi connectivity index (χ0) is 12.1. The predicted molar refractivity (Wildman–Crippen MR) is 69.6 cm³/mol. The Kier molecular flexibility index (Phi) is 4.48. The van der Waals surface area contributed by atoms with E-state index in [2.05, 4.69) is 27.9 Å². The topological polar surface area (TPSA) is 45.4 Å². The first-order chi connectivity index (χ1) is 8.29. The molecular weight excluding hydrogens is 212 g/mol. The number of pyridine rings is 1. The van der Waals surface area contributed by atoms with E-state index in [1.807, 2.05) is 18.5 Å². The van der Waals surface area contributed by atoms with E-state index < -0.39 is 0 Å². The Balaban J connectivity index is 2.02. The van der Waals surface area contributed by atoms with Crippen molar-refractivity contribution >= 4 is 0 Å². The number of hydrogen-bond acceptors (Lipinski definition) is 4. The molecule has 94 valence electrons. The molecule has 1 atom stereocenters.